The number of H-pyrrole nitrogens is 1. The van der Waals surface area contributed by atoms with Gasteiger partial charge in [0.25, 0.3) is 5.88 Å². The van der Waals surface area contributed by atoms with Crippen LogP contribution in [-0.2, 0) is 9.84 Å². The maximum Gasteiger partial charge on any atom is 0.362 e. The normalized spacial score (nSPS) is 11.5. The second-order valence-corrected chi connectivity index (χ2v) is 8.71. The fourth-order valence-corrected chi connectivity index (χ4v) is 2.26. The summed E-state index contributed by atoms with van der Waals surface area (Å²) in [6.45, 7) is 6.49. The highest BCUT2D eigenvalue weighted by Gasteiger charge is 2.26. The molecule has 1 aromatic heterocycles. The van der Waals surface area contributed by atoms with Gasteiger partial charge in [-0.2, -0.15) is 0 Å². The predicted octanol–water partition coefficient (Wildman–Crippen LogP) is 2.13. The summed E-state index contributed by atoms with van der Waals surface area (Å²) in [7, 11) is -3.60. The van der Waals surface area contributed by atoms with Crippen LogP contribution in [0.15, 0.2) is 18.2 Å². The Hall–Kier alpha value is -2.86. The summed E-state index contributed by atoms with van der Waals surface area (Å²) in [6, 6.07) is 4.85. The summed E-state index contributed by atoms with van der Waals surface area (Å²) in [5, 5.41) is 20.5. The summed E-state index contributed by atoms with van der Waals surface area (Å²) in [5.74, 6) is 1.49. The van der Waals surface area contributed by atoms with Gasteiger partial charge >= 0.3 is 5.97 Å². The SMILES string of the molecule is Cc1cc(C#CS(=O)(=O)C(C)(C)C)cc(Oc2[nH]nnc2C(=O)O)c1. The Bertz CT molecular complexity index is 975. The van der Waals surface area contributed by atoms with Crippen molar-refractivity contribution in [3.8, 4) is 22.8 Å². The van der Waals surface area contributed by atoms with Gasteiger partial charge in [-0.1, -0.05) is 5.21 Å². The van der Waals surface area contributed by atoms with Gasteiger partial charge in [-0.3, -0.25) is 0 Å². The van der Waals surface area contributed by atoms with Crippen LogP contribution in [0.3, 0.4) is 0 Å². The summed E-state index contributed by atoms with van der Waals surface area (Å²) in [4.78, 5) is 11.0. The van der Waals surface area contributed by atoms with E-state index in [-0.39, 0.29) is 17.3 Å². The molecule has 9 heteroatoms. The predicted molar refractivity (Wildman–Crippen MR) is 90.1 cm³/mol. The summed E-state index contributed by atoms with van der Waals surface area (Å²) < 4.78 is 28.6. The van der Waals surface area contributed by atoms with Gasteiger partial charge in [0.2, 0.25) is 15.5 Å². The van der Waals surface area contributed by atoms with Crippen molar-refractivity contribution in [3.05, 3.63) is 35.0 Å². The Balaban J connectivity index is 2.36. The molecule has 1 heterocycles. The average molecular weight is 363 g/mol. The topological polar surface area (TPSA) is 122 Å². The molecule has 0 amide bonds. The van der Waals surface area contributed by atoms with Crippen LogP contribution >= 0.6 is 0 Å². The number of nitrogens with one attached hydrogen (secondary N) is 1. The van der Waals surface area contributed by atoms with E-state index in [1.54, 1.807) is 39.8 Å². The first kappa shape index (κ1) is 18.5. The molecule has 0 fully saturated rings. The highest BCUT2D eigenvalue weighted by atomic mass is 32.2. The summed E-state index contributed by atoms with van der Waals surface area (Å²) in [6.07, 6.45) is 0. The largest absolute Gasteiger partial charge is 0.476 e. The van der Waals surface area contributed by atoms with Crippen LogP contribution in [0, 0.1) is 18.1 Å². The second kappa shape index (κ2) is 6.57. The Morgan fingerprint density at radius 1 is 1.28 bits per heavy atom. The lowest BCUT2D eigenvalue weighted by Crippen LogP contribution is -2.25. The van der Waals surface area contributed by atoms with Crippen LogP contribution in [0.5, 0.6) is 11.6 Å². The summed E-state index contributed by atoms with van der Waals surface area (Å²) >= 11 is 0. The zero-order valence-electron chi connectivity index (χ0n) is 14.1. The molecule has 0 spiro atoms. The van der Waals surface area contributed by atoms with Crippen molar-refractivity contribution >= 4 is 15.8 Å². The molecule has 0 bridgehead atoms. The van der Waals surface area contributed by atoms with Crippen molar-refractivity contribution < 1.29 is 23.1 Å². The molecular weight excluding hydrogens is 346 g/mol. The third-order valence-electron chi connectivity index (χ3n) is 3.13. The molecule has 0 saturated heterocycles. The average Bonchev–Trinajstić information content (AvgIpc) is 2.92. The Labute approximate surface area is 145 Å². The number of ether oxygens (including phenoxy) is 1. The number of nitrogens with zero attached hydrogens (tertiary/aromatic N) is 2. The lowest BCUT2D eigenvalue weighted by atomic mass is 10.1. The first-order chi connectivity index (χ1) is 11.5. The first-order valence-electron chi connectivity index (χ1n) is 7.21. The molecule has 2 aromatic rings. The van der Waals surface area contributed by atoms with Crippen molar-refractivity contribution in [1.82, 2.24) is 15.4 Å². The van der Waals surface area contributed by atoms with Crippen LogP contribution in [0.1, 0.15) is 42.4 Å². The fourth-order valence-electron chi connectivity index (χ4n) is 1.71. The second-order valence-electron chi connectivity index (χ2n) is 6.27. The van der Waals surface area contributed by atoms with Crippen LogP contribution in [0.4, 0.5) is 0 Å². The van der Waals surface area contributed by atoms with Crippen LogP contribution in [-0.4, -0.2) is 39.7 Å². The first-order valence-corrected chi connectivity index (χ1v) is 8.69. The van der Waals surface area contributed by atoms with Crippen molar-refractivity contribution in [1.29, 1.82) is 0 Å². The zero-order valence-corrected chi connectivity index (χ0v) is 14.9. The van der Waals surface area contributed by atoms with Gasteiger partial charge in [0.05, 0.1) is 4.75 Å². The molecule has 8 nitrogen and oxygen atoms in total. The number of hydrogen-bond donors (Lipinski definition) is 2. The maximum atomic E-state index is 12.1. The zero-order chi connectivity index (χ0) is 18.8. The standard InChI is InChI=1S/C16H17N3O5S/c1-10-7-11(5-6-25(22,23)16(2,3)4)9-12(8-10)24-14-13(15(20)21)17-19-18-14/h7-9H,1-4H3,(H,20,21)(H,17,18,19). The fraction of sp³-hybridized carbons (Fsp3) is 0.312. The number of aryl methyl sites for hydroxylation is 1. The molecule has 1 aromatic carbocycles. The molecular formula is C16H17N3O5S. The number of carboxylic acid groups (broad SMARTS) is 1. The molecule has 2 N–H and O–H groups in total. The smallest absolute Gasteiger partial charge is 0.362 e. The molecule has 132 valence electrons. The molecule has 0 saturated carbocycles. The Kier molecular flexibility index (Phi) is 4.85. The number of aromatic amines is 1. The number of carboxylic acids is 1. The van der Waals surface area contributed by atoms with Gasteiger partial charge in [-0.25, -0.2) is 18.3 Å². The highest BCUT2D eigenvalue weighted by molar-refractivity contribution is 7.97. The van der Waals surface area contributed by atoms with Crippen LogP contribution in [0.2, 0.25) is 0 Å². The Morgan fingerprint density at radius 2 is 1.96 bits per heavy atom. The minimum Gasteiger partial charge on any atom is -0.476 e. The quantitative estimate of drug-likeness (QED) is 0.801. The number of rotatable bonds is 3. The van der Waals surface area contributed by atoms with E-state index in [1.165, 1.54) is 6.07 Å². The number of carbonyl (C=O) groups is 1. The minimum absolute atomic E-state index is 0.126. The number of sulfone groups is 1. The van der Waals surface area contributed by atoms with Crippen LogP contribution < -0.4 is 4.74 Å². The number of aromatic nitrogens is 3. The van der Waals surface area contributed by atoms with Crippen molar-refractivity contribution in [3.63, 3.8) is 0 Å². The molecule has 25 heavy (non-hydrogen) atoms. The number of benzene rings is 1. The molecule has 0 aliphatic rings. The lowest BCUT2D eigenvalue weighted by Gasteiger charge is -2.13. The van der Waals surface area contributed by atoms with E-state index in [2.05, 4.69) is 26.6 Å². The van der Waals surface area contributed by atoms with Crippen molar-refractivity contribution in [2.75, 3.05) is 0 Å². The van der Waals surface area contributed by atoms with Gasteiger partial charge in [-0.05, 0) is 57.4 Å². The van der Waals surface area contributed by atoms with E-state index >= 15 is 0 Å². The molecule has 0 aliphatic carbocycles. The van der Waals surface area contributed by atoms with Gasteiger partial charge < -0.3 is 9.84 Å². The molecule has 0 aliphatic heterocycles. The van der Waals surface area contributed by atoms with Gasteiger partial charge in [-0.15, -0.1) is 5.10 Å². The molecule has 0 unspecified atom stereocenters. The lowest BCUT2D eigenvalue weighted by molar-refractivity contribution is 0.0687. The molecule has 0 atom stereocenters. The molecule has 2 rings (SSSR count). The van der Waals surface area contributed by atoms with Gasteiger partial charge in [0.1, 0.15) is 5.75 Å². The van der Waals surface area contributed by atoms with E-state index in [4.69, 9.17) is 9.84 Å². The Morgan fingerprint density at radius 3 is 2.56 bits per heavy atom. The number of hydrogen-bond acceptors (Lipinski definition) is 6. The third kappa shape index (κ3) is 4.36. The minimum atomic E-state index is -3.60. The van der Waals surface area contributed by atoms with Crippen molar-refractivity contribution in [2.24, 2.45) is 0 Å². The number of aromatic carboxylic acids is 1. The monoisotopic (exact) mass is 363 g/mol. The molecule has 0 radical (unpaired) electrons. The van der Waals surface area contributed by atoms with Gasteiger partial charge in [0, 0.05) is 10.8 Å². The van der Waals surface area contributed by atoms with E-state index in [0.717, 1.165) is 5.56 Å². The summed E-state index contributed by atoms with van der Waals surface area (Å²) in [5.41, 5.74) is 0.830. The van der Waals surface area contributed by atoms with Gasteiger partial charge in [0.15, 0.2) is 0 Å². The van der Waals surface area contributed by atoms with E-state index in [1.807, 2.05) is 0 Å². The van der Waals surface area contributed by atoms with E-state index in [9.17, 15) is 13.2 Å². The van der Waals surface area contributed by atoms with E-state index in [0.29, 0.717) is 5.56 Å². The highest BCUT2D eigenvalue weighted by Crippen LogP contribution is 2.24. The van der Waals surface area contributed by atoms with Crippen LogP contribution in [0.25, 0.3) is 0 Å². The maximum absolute atomic E-state index is 12.1. The van der Waals surface area contributed by atoms with E-state index < -0.39 is 20.6 Å². The van der Waals surface area contributed by atoms with Crippen molar-refractivity contribution in [2.45, 2.75) is 32.4 Å². The third-order valence-corrected chi connectivity index (χ3v) is 5.11.